The van der Waals surface area contributed by atoms with Crippen molar-refractivity contribution in [3.8, 4) is 0 Å². The van der Waals surface area contributed by atoms with Crippen LogP contribution in [0.1, 0.15) is 43.0 Å². The summed E-state index contributed by atoms with van der Waals surface area (Å²) in [4.78, 5) is 10.7. The third kappa shape index (κ3) is 2.01. The van der Waals surface area contributed by atoms with E-state index in [-0.39, 0.29) is 0 Å². The number of hydrogen-bond acceptors (Lipinski definition) is 3. The second-order valence-corrected chi connectivity index (χ2v) is 6.79. The fourth-order valence-corrected chi connectivity index (χ4v) is 4.56. The summed E-state index contributed by atoms with van der Waals surface area (Å²) in [5.74, 6) is 1.85. The number of fused-ring (bicyclic) bond motifs is 3. The summed E-state index contributed by atoms with van der Waals surface area (Å²) in [5.41, 5.74) is 1.48. The molecule has 0 fully saturated rings. The molecule has 96 valence electrons. The van der Waals surface area contributed by atoms with Gasteiger partial charge in [-0.3, -0.25) is 0 Å². The molecule has 0 aromatic carbocycles. The number of H-pyrrole nitrogens is 1. The highest BCUT2D eigenvalue weighted by Gasteiger charge is 2.21. The minimum absolute atomic E-state index is 0.804. The number of thiophene rings is 1. The molecule has 2 heterocycles. The van der Waals surface area contributed by atoms with Crippen molar-refractivity contribution in [1.29, 1.82) is 0 Å². The van der Waals surface area contributed by atoms with Gasteiger partial charge in [0.15, 0.2) is 0 Å². The fourth-order valence-electron chi connectivity index (χ4n) is 2.75. The van der Waals surface area contributed by atoms with Crippen LogP contribution in [0.2, 0.25) is 0 Å². The number of nitrogens with zero attached hydrogens (tertiary/aromatic N) is 1. The van der Waals surface area contributed by atoms with Gasteiger partial charge in [0.05, 0.1) is 0 Å². The lowest BCUT2D eigenvalue weighted by Crippen LogP contribution is -2.08. The Morgan fingerprint density at radius 1 is 1.50 bits per heavy atom. The molecule has 2 nitrogen and oxygen atoms in total. The standard InChI is InChI=1S/C14H18N2S2/c1-3-4-11-15-13(17)12-9-6-5-8(2)7-10(9)18-14(12)16-11/h8H,3-7H2,1-2H3,(H,15,16,17)/t8-/m1/s1. The normalized spacial score (nSPS) is 19.1. The third-order valence-corrected chi connectivity index (χ3v) is 5.16. The van der Waals surface area contributed by atoms with Gasteiger partial charge >= 0.3 is 0 Å². The van der Waals surface area contributed by atoms with Crippen molar-refractivity contribution in [3.05, 3.63) is 20.9 Å². The van der Waals surface area contributed by atoms with Crippen LogP contribution in [0, 0.1) is 10.6 Å². The molecular weight excluding hydrogens is 260 g/mol. The molecule has 1 N–H and O–H groups in total. The first kappa shape index (κ1) is 12.3. The molecule has 0 unspecified atom stereocenters. The maximum Gasteiger partial charge on any atom is 0.128 e. The van der Waals surface area contributed by atoms with E-state index >= 15 is 0 Å². The van der Waals surface area contributed by atoms with Gasteiger partial charge in [-0.2, -0.15) is 0 Å². The van der Waals surface area contributed by atoms with Gasteiger partial charge in [0.25, 0.3) is 0 Å². The summed E-state index contributed by atoms with van der Waals surface area (Å²) >= 11 is 7.39. The first-order valence-corrected chi connectivity index (χ1v) is 7.95. The smallest absolute Gasteiger partial charge is 0.128 e. The molecule has 3 rings (SSSR count). The van der Waals surface area contributed by atoms with Crippen molar-refractivity contribution >= 4 is 33.8 Å². The SMILES string of the molecule is CCCc1nc2sc3c(c2c(=S)[nH]1)CC[C@@H](C)C3. The summed E-state index contributed by atoms with van der Waals surface area (Å²) in [6.07, 6.45) is 5.74. The van der Waals surface area contributed by atoms with Gasteiger partial charge in [0.2, 0.25) is 0 Å². The van der Waals surface area contributed by atoms with E-state index in [1.54, 1.807) is 0 Å². The molecule has 4 heteroatoms. The molecule has 1 atom stereocenters. The topological polar surface area (TPSA) is 28.7 Å². The molecule has 0 bridgehead atoms. The van der Waals surface area contributed by atoms with E-state index in [0.717, 1.165) is 34.1 Å². The van der Waals surface area contributed by atoms with Crippen LogP contribution in [0.5, 0.6) is 0 Å². The van der Waals surface area contributed by atoms with Gasteiger partial charge in [-0.15, -0.1) is 11.3 Å². The van der Waals surface area contributed by atoms with Crippen LogP contribution < -0.4 is 0 Å². The summed E-state index contributed by atoms with van der Waals surface area (Å²) in [5, 5.41) is 1.23. The van der Waals surface area contributed by atoms with Crippen molar-refractivity contribution in [3.63, 3.8) is 0 Å². The van der Waals surface area contributed by atoms with Crippen LogP contribution in [0.4, 0.5) is 0 Å². The summed E-state index contributed by atoms with van der Waals surface area (Å²) < 4.78 is 0.899. The van der Waals surface area contributed by atoms with Crippen LogP contribution >= 0.6 is 23.6 Å². The highest BCUT2D eigenvalue weighted by atomic mass is 32.1. The predicted octanol–water partition coefficient (Wildman–Crippen LogP) is 4.43. The number of hydrogen-bond donors (Lipinski definition) is 1. The quantitative estimate of drug-likeness (QED) is 0.823. The lowest BCUT2D eigenvalue weighted by molar-refractivity contribution is 0.509. The molecule has 0 aliphatic heterocycles. The average molecular weight is 278 g/mol. The zero-order valence-corrected chi connectivity index (χ0v) is 12.5. The predicted molar refractivity (Wildman–Crippen MR) is 80.0 cm³/mol. The van der Waals surface area contributed by atoms with Gasteiger partial charge in [0, 0.05) is 16.7 Å². The Hall–Kier alpha value is -0.740. The third-order valence-electron chi connectivity index (χ3n) is 3.70. The molecule has 0 radical (unpaired) electrons. The Bertz CT molecular complexity index is 639. The van der Waals surface area contributed by atoms with Crippen LogP contribution in [0.3, 0.4) is 0 Å². The zero-order chi connectivity index (χ0) is 12.7. The molecule has 0 amide bonds. The van der Waals surface area contributed by atoms with Gasteiger partial charge in [-0.05, 0) is 37.2 Å². The van der Waals surface area contributed by atoms with E-state index in [0.29, 0.717) is 0 Å². The molecule has 18 heavy (non-hydrogen) atoms. The van der Waals surface area contributed by atoms with Gasteiger partial charge in [-0.1, -0.05) is 26.1 Å². The van der Waals surface area contributed by atoms with E-state index in [2.05, 4.69) is 18.8 Å². The van der Waals surface area contributed by atoms with Crippen molar-refractivity contribution < 1.29 is 0 Å². The first-order chi connectivity index (χ1) is 8.69. The number of aromatic amines is 1. The number of rotatable bonds is 2. The average Bonchev–Trinajstić information content (AvgIpc) is 2.66. The number of aryl methyl sites for hydroxylation is 2. The molecular formula is C14H18N2S2. The minimum atomic E-state index is 0.804. The molecule has 2 aromatic rings. The summed E-state index contributed by atoms with van der Waals surface area (Å²) in [7, 11) is 0. The van der Waals surface area contributed by atoms with E-state index in [4.69, 9.17) is 17.2 Å². The minimum Gasteiger partial charge on any atom is -0.334 e. The molecule has 0 saturated heterocycles. The Labute approximate surface area is 116 Å². The van der Waals surface area contributed by atoms with Crippen LogP contribution in [0.25, 0.3) is 10.2 Å². The highest BCUT2D eigenvalue weighted by molar-refractivity contribution is 7.71. The van der Waals surface area contributed by atoms with Gasteiger partial charge < -0.3 is 4.98 Å². The Morgan fingerprint density at radius 2 is 2.33 bits per heavy atom. The second kappa shape index (κ2) is 4.74. The Balaban J connectivity index is 2.19. The Morgan fingerprint density at radius 3 is 3.11 bits per heavy atom. The van der Waals surface area contributed by atoms with Gasteiger partial charge in [-0.25, -0.2) is 4.98 Å². The molecule has 0 spiro atoms. The van der Waals surface area contributed by atoms with Crippen LogP contribution in [-0.2, 0) is 19.3 Å². The first-order valence-electron chi connectivity index (χ1n) is 6.72. The largest absolute Gasteiger partial charge is 0.334 e. The van der Waals surface area contributed by atoms with E-state index in [1.165, 1.54) is 35.1 Å². The second-order valence-electron chi connectivity index (χ2n) is 5.29. The zero-order valence-electron chi connectivity index (χ0n) is 10.9. The molecule has 1 aliphatic carbocycles. The molecule has 2 aromatic heterocycles. The van der Waals surface area contributed by atoms with E-state index in [1.807, 2.05) is 11.3 Å². The maximum atomic E-state index is 5.54. The lowest BCUT2D eigenvalue weighted by Gasteiger charge is -2.17. The highest BCUT2D eigenvalue weighted by Crippen LogP contribution is 2.37. The maximum absolute atomic E-state index is 5.54. The van der Waals surface area contributed by atoms with Crippen molar-refractivity contribution in [2.75, 3.05) is 0 Å². The van der Waals surface area contributed by atoms with E-state index < -0.39 is 0 Å². The van der Waals surface area contributed by atoms with Crippen LogP contribution in [-0.4, -0.2) is 9.97 Å². The van der Waals surface area contributed by atoms with E-state index in [9.17, 15) is 0 Å². The Kier molecular flexibility index (Phi) is 3.24. The molecule has 0 saturated carbocycles. The summed E-state index contributed by atoms with van der Waals surface area (Å²) in [6.45, 7) is 4.51. The van der Waals surface area contributed by atoms with Crippen molar-refractivity contribution in [2.45, 2.75) is 46.0 Å². The van der Waals surface area contributed by atoms with Crippen LogP contribution in [0.15, 0.2) is 0 Å². The number of nitrogens with one attached hydrogen (secondary N) is 1. The summed E-state index contributed by atoms with van der Waals surface area (Å²) in [6, 6.07) is 0. The fraction of sp³-hybridized carbons (Fsp3) is 0.571. The van der Waals surface area contributed by atoms with Crippen molar-refractivity contribution in [1.82, 2.24) is 9.97 Å². The van der Waals surface area contributed by atoms with Gasteiger partial charge in [0.1, 0.15) is 15.3 Å². The van der Waals surface area contributed by atoms with Crippen molar-refractivity contribution in [2.24, 2.45) is 5.92 Å². The monoisotopic (exact) mass is 278 g/mol. The lowest BCUT2D eigenvalue weighted by atomic mass is 9.89. The molecule has 1 aliphatic rings. The number of aromatic nitrogens is 2.